The Hall–Kier alpha value is -1.22. The van der Waals surface area contributed by atoms with Crippen LogP contribution in [-0.2, 0) is 0 Å². The van der Waals surface area contributed by atoms with Gasteiger partial charge in [-0.15, -0.1) is 0 Å². The van der Waals surface area contributed by atoms with Crippen molar-refractivity contribution in [3.63, 3.8) is 0 Å². The molecule has 0 aliphatic rings. The lowest BCUT2D eigenvalue weighted by Gasteiger charge is -2.20. The molecular formula is C15H25NO2. The van der Waals surface area contributed by atoms with E-state index in [-0.39, 0.29) is 0 Å². The Morgan fingerprint density at radius 1 is 1.17 bits per heavy atom. The van der Waals surface area contributed by atoms with E-state index in [1.807, 2.05) is 12.1 Å². The van der Waals surface area contributed by atoms with Gasteiger partial charge in [0.1, 0.15) is 11.5 Å². The van der Waals surface area contributed by atoms with Crippen LogP contribution in [0, 0.1) is 0 Å². The Bertz CT molecular complexity index is 352. The molecule has 18 heavy (non-hydrogen) atoms. The Kier molecular flexibility index (Phi) is 6.58. The molecule has 3 heteroatoms. The Morgan fingerprint density at radius 2 is 1.94 bits per heavy atom. The molecule has 0 fully saturated rings. The summed E-state index contributed by atoms with van der Waals surface area (Å²) in [6.45, 7) is 2.95. The molecule has 102 valence electrons. The van der Waals surface area contributed by atoms with E-state index in [4.69, 9.17) is 15.2 Å². The first kappa shape index (κ1) is 14.8. The van der Waals surface area contributed by atoms with Gasteiger partial charge in [-0.1, -0.05) is 13.3 Å². The van der Waals surface area contributed by atoms with Crippen LogP contribution >= 0.6 is 0 Å². The maximum Gasteiger partial charge on any atom is 0.122 e. The molecule has 0 heterocycles. The van der Waals surface area contributed by atoms with Gasteiger partial charge in [-0.05, 0) is 49.9 Å². The van der Waals surface area contributed by atoms with E-state index < -0.39 is 0 Å². The Labute approximate surface area is 110 Å². The minimum absolute atomic E-state index is 0.503. The molecular weight excluding hydrogens is 226 g/mol. The second-order valence-electron chi connectivity index (χ2n) is 4.52. The highest BCUT2D eigenvalue weighted by Gasteiger charge is 2.16. The van der Waals surface area contributed by atoms with Gasteiger partial charge in [0.25, 0.3) is 0 Å². The number of ether oxygens (including phenoxy) is 2. The molecule has 1 rings (SSSR count). The Morgan fingerprint density at radius 3 is 2.50 bits per heavy atom. The molecule has 0 aliphatic heterocycles. The van der Waals surface area contributed by atoms with Crippen LogP contribution in [0.1, 0.15) is 44.1 Å². The first-order valence-electron chi connectivity index (χ1n) is 6.68. The van der Waals surface area contributed by atoms with Gasteiger partial charge in [-0.2, -0.15) is 0 Å². The quantitative estimate of drug-likeness (QED) is 0.770. The highest BCUT2D eigenvalue weighted by molar-refractivity contribution is 5.42. The molecule has 1 atom stereocenters. The maximum absolute atomic E-state index is 5.62. The SMILES string of the molecule is CCCC(CCCN)c1cc(OC)ccc1OC. The van der Waals surface area contributed by atoms with E-state index in [0.29, 0.717) is 5.92 Å². The van der Waals surface area contributed by atoms with Gasteiger partial charge in [0.2, 0.25) is 0 Å². The van der Waals surface area contributed by atoms with Gasteiger partial charge in [-0.25, -0.2) is 0 Å². The molecule has 1 aromatic rings. The summed E-state index contributed by atoms with van der Waals surface area (Å²) in [4.78, 5) is 0. The fourth-order valence-electron chi connectivity index (χ4n) is 2.33. The van der Waals surface area contributed by atoms with E-state index >= 15 is 0 Å². The van der Waals surface area contributed by atoms with E-state index in [1.54, 1.807) is 14.2 Å². The van der Waals surface area contributed by atoms with Gasteiger partial charge in [-0.3, -0.25) is 0 Å². The van der Waals surface area contributed by atoms with Gasteiger partial charge >= 0.3 is 0 Å². The normalized spacial score (nSPS) is 12.2. The van der Waals surface area contributed by atoms with Crippen molar-refractivity contribution in [3.05, 3.63) is 23.8 Å². The van der Waals surface area contributed by atoms with Crippen LogP contribution in [0.25, 0.3) is 0 Å². The number of nitrogens with two attached hydrogens (primary N) is 1. The molecule has 0 bridgehead atoms. The first-order valence-corrected chi connectivity index (χ1v) is 6.68. The summed E-state index contributed by atoms with van der Waals surface area (Å²) in [5.41, 5.74) is 6.86. The van der Waals surface area contributed by atoms with Gasteiger partial charge < -0.3 is 15.2 Å². The molecule has 0 saturated heterocycles. The minimum atomic E-state index is 0.503. The van der Waals surface area contributed by atoms with E-state index in [1.165, 1.54) is 5.56 Å². The monoisotopic (exact) mass is 251 g/mol. The number of hydrogen-bond donors (Lipinski definition) is 1. The average Bonchev–Trinajstić information content (AvgIpc) is 2.42. The number of hydrogen-bond acceptors (Lipinski definition) is 3. The minimum Gasteiger partial charge on any atom is -0.497 e. The van der Waals surface area contributed by atoms with Crippen LogP contribution < -0.4 is 15.2 Å². The average molecular weight is 251 g/mol. The Balaban J connectivity index is 2.98. The molecule has 2 N–H and O–H groups in total. The van der Waals surface area contributed by atoms with E-state index in [2.05, 4.69) is 13.0 Å². The molecule has 1 aromatic carbocycles. The van der Waals surface area contributed by atoms with Crippen molar-refractivity contribution in [1.82, 2.24) is 0 Å². The molecule has 0 amide bonds. The van der Waals surface area contributed by atoms with Crippen LogP contribution in [0.3, 0.4) is 0 Å². The molecule has 0 aromatic heterocycles. The lowest BCUT2D eigenvalue weighted by atomic mass is 9.89. The lowest BCUT2D eigenvalue weighted by molar-refractivity contribution is 0.390. The molecule has 0 saturated carbocycles. The third kappa shape index (κ3) is 3.91. The zero-order chi connectivity index (χ0) is 13.4. The largest absolute Gasteiger partial charge is 0.497 e. The van der Waals surface area contributed by atoms with Gasteiger partial charge in [0.05, 0.1) is 14.2 Å². The van der Waals surface area contributed by atoms with Crippen LogP contribution in [-0.4, -0.2) is 20.8 Å². The number of rotatable bonds is 8. The molecule has 1 unspecified atom stereocenters. The van der Waals surface area contributed by atoms with Gasteiger partial charge in [0.15, 0.2) is 0 Å². The van der Waals surface area contributed by atoms with Crippen molar-refractivity contribution >= 4 is 0 Å². The fraction of sp³-hybridized carbons (Fsp3) is 0.600. The summed E-state index contributed by atoms with van der Waals surface area (Å²) >= 11 is 0. The van der Waals surface area contributed by atoms with Crippen LogP contribution in [0.2, 0.25) is 0 Å². The summed E-state index contributed by atoms with van der Waals surface area (Å²) in [7, 11) is 3.41. The first-order chi connectivity index (χ1) is 8.76. The highest BCUT2D eigenvalue weighted by Crippen LogP contribution is 2.35. The standard InChI is InChI=1S/C15H25NO2/c1-4-6-12(7-5-10-16)14-11-13(17-2)8-9-15(14)18-3/h8-9,11-12H,4-7,10,16H2,1-3H3. The maximum atomic E-state index is 5.62. The van der Waals surface area contributed by atoms with E-state index in [0.717, 1.165) is 43.7 Å². The predicted octanol–water partition coefficient (Wildman–Crippen LogP) is 3.33. The van der Waals surface area contributed by atoms with Gasteiger partial charge in [0, 0.05) is 5.56 Å². The lowest BCUT2D eigenvalue weighted by Crippen LogP contribution is -2.06. The van der Waals surface area contributed by atoms with E-state index in [9.17, 15) is 0 Å². The molecule has 0 radical (unpaired) electrons. The van der Waals surface area contributed by atoms with Crippen molar-refractivity contribution < 1.29 is 9.47 Å². The van der Waals surface area contributed by atoms with Crippen molar-refractivity contribution in [3.8, 4) is 11.5 Å². The van der Waals surface area contributed by atoms with Crippen molar-refractivity contribution in [1.29, 1.82) is 0 Å². The summed E-state index contributed by atoms with van der Waals surface area (Å²) < 4.78 is 10.8. The third-order valence-electron chi connectivity index (χ3n) is 3.27. The highest BCUT2D eigenvalue weighted by atomic mass is 16.5. The zero-order valence-electron chi connectivity index (χ0n) is 11.7. The summed E-state index contributed by atoms with van der Waals surface area (Å²) in [6, 6.07) is 6.02. The zero-order valence-corrected chi connectivity index (χ0v) is 11.7. The molecule has 0 aliphatic carbocycles. The number of benzene rings is 1. The molecule has 0 spiro atoms. The second kappa shape index (κ2) is 7.98. The summed E-state index contributed by atoms with van der Waals surface area (Å²) in [6.07, 6.45) is 4.47. The van der Waals surface area contributed by atoms with Crippen LogP contribution in [0.5, 0.6) is 11.5 Å². The second-order valence-corrected chi connectivity index (χ2v) is 4.52. The number of methoxy groups -OCH3 is 2. The van der Waals surface area contributed by atoms with Crippen LogP contribution in [0.4, 0.5) is 0 Å². The van der Waals surface area contributed by atoms with Crippen molar-refractivity contribution in [2.45, 2.75) is 38.5 Å². The fourth-order valence-corrected chi connectivity index (χ4v) is 2.33. The third-order valence-corrected chi connectivity index (χ3v) is 3.27. The predicted molar refractivity (Wildman–Crippen MR) is 75.5 cm³/mol. The summed E-state index contributed by atoms with van der Waals surface area (Å²) in [5.74, 6) is 2.34. The van der Waals surface area contributed by atoms with Crippen molar-refractivity contribution in [2.24, 2.45) is 5.73 Å². The molecule has 3 nitrogen and oxygen atoms in total. The summed E-state index contributed by atoms with van der Waals surface area (Å²) in [5, 5.41) is 0. The topological polar surface area (TPSA) is 44.5 Å². The van der Waals surface area contributed by atoms with Crippen LogP contribution in [0.15, 0.2) is 18.2 Å². The van der Waals surface area contributed by atoms with Crippen molar-refractivity contribution in [2.75, 3.05) is 20.8 Å². The smallest absolute Gasteiger partial charge is 0.122 e.